The molecule has 0 unspecified atom stereocenters. The molecule has 96 valence electrons. The number of hydrogen-bond donors (Lipinski definition) is 1. The van der Waals surface area contributed by atoms with Gasteiger partial charge in [-0.25, -0.2) is 0 Å². The van der Waals surface area contributed by atoms with E-state index in [2.05, 4.69) is 10.1 Å². The van der Waals surface area contributed by atoms with E-state index in [1.807, 2.05) is 24.7 Å². The van der Waals surface area contributed by atoms with Gasteiger partial charge in [0.2, 0.25) is 11.8 Å². The van der Waals surface area contributed by atoms with Gasteiger partial charge in [0.15, 0.2) is 5.75 Å². The molecule has 2 aromatic rings. The van der Waals surface area contributed by atoms with Crippen LogP contribution in [0.1, 0.15) is 19.9 Å². The second-order valence-electron chi connectivity index (χ2n) is 4.10. The molecule has 0 spiro atoms. The number of methoxy groups -OCH3 is 1. The van der Waals surface area contributed by atoms with Crippen molar-refractivity contribution in [1.82, 2.24) is 14.8 Å². The molecule has 0 aromatic carbocycles. The lowest BCUT2D eigenvalue weighted by Gasteiger charge is -2.06. The van der Waals surface area contributed by atoms with E-state index in [1.54, 1.807) is 18.3 Å². The molecule has 6 heteroatoms. The average Bonchev–Trinajstić information content (AvgIpc) is 2.80. The van der Waals surface area contributed by atoms with E-state index in [0.717, 1.165) is 0 Å². The summed E-state index contributed by atoms with van der Waals surface area (Å²) in [6, 6.07) is 3.66. The molecule has 18 heavy (non-hydrogen) atoms. The van der Waals surface area contributed by atoms with E-state index in [1.165, 1.54) is 7.11 Å². The Kier molecular flexibility index (Phi) is 3.36. The van der Waals surface area contributed by atoms with Gasteiger partial charge < -0.3 is 15.2 Å². The molecule has 0 atom stereocenters. The van der Waals surface area contributed by atoms with Crippen LogP contribution in [0.5, 0.6) is 17.5 Å². The number of hydrogen-bond acceptors (Lipinski definition) is 5. The average molecular weight is 248 g/mol. The van der Waals surface area contributed by atoms with Crippen LogP contribution in [0.4, 0.5) is 5.69 Å². The third-order valence-electron chi connectivity index (χ3n) is 2.39. The predicted octanol–water partition coefficient (Wildman–Crippen LogP) is 2.24. The highest BCUT2D eigenvalue weighted by Gasteiger charge is 2.07. The van der Waals surface area contributed by atoms with Gasteiger partial charge in [-0.3, -0.25) is 4.68 Å². The lowest BCUT2D eigenvalue weighted by molar-refractivity contribution is 0.385. The van der Waals surface area contributed by atoms with Gasteiger partial charge in [0.1, 0.15) is 0 Å². The van der Waals surface area contributed by atoms with E-state index >= 15 is 0 Å². The Morgan fingerprint density at radius 1 is 1.33 bits per heavy atom. The molecule has 0 saturated carbocycles. The minimum Gasteiger partial charge on any atom is -0.479 e. The van der Waals surface area contributed by atoms with Crippen LogP contribution in [0, 0.1) is 0 Å². The van der Waals surface area contributed by atoms with Gasteiger partial charge in [0.05, 0.1) is 25.2 Å². The number of nitrogens with two attached hydrogens (primary N) is 1. The molecule has 0 bridgehead atoms. The third-order valence-corrected chi connectivity index (χ3v) is 2.39. The van der Waals surface area contributed by atoms with Gasteiger partial charge in [-0.15, -0.1) is 0 Å². The molecular weight excluding hydrogens is 232 g/mol. The first-order chi connectivity index (χ1) is 8.60. The number of ether oxygens (including phenoxy) is 2. The van der Waals surface area contributed by atoms with Gasteiger partial charge in [-0.2, -0.15) is 10.1 Å². The van der Waals surface area contributed by atoms with Crippen molar-refractivity contribution in [3.05, 3.63) is 24.5 Å². The lowest BCUT2D eigenvalue weighted by Crippen LogP contribution is -1.99. The quantitative estimate of drug-likeness (QED) is 0.898. The molecule has 0 amide bonds. The SMILES string of the molecule is COc1nc(Oc2cnn(C(C)C)c2)ccc1N. The number of nitrogens with zero attached hydrogens (tertiary/aromatic N) is 3. The van der Waals surface area contributed by atoms with E-state index < -0.39 is 0 Å². The molecule has 2 heterocycles. The Morgan fingerprint density at radius 2 is 2.11 bits per heavy atom. The Labute approximate surface area is 105 Å². The van der Waals surface area contributed by atoms with Gasteiger partial charge in [0, 0.05) is 12.1 Å². The predicted molar refractivity (Wildman–Crippen MR) is 67.9 cm³/mol. The van der Waals surface area contributed by atoms with Crippen molar-refractivity contribution in [3.63, 3.8) is 0 Å². The standard InChI is InChI=1S/C12H16N4O2/c1-8(2)16-7-9(6-14-16)18-11-5-4-10(13)12(15-11)17-3/h4-8H,13H2,1-3H3. The molecular formula is C12H16N4O2. The molecule has 0 saturated heterocycles. The van der Waals surface area contributed by atoms with Crippen LogP contribution < -0.4 is 15.2 Å². The van der Waals surface area contributed by atoms with Crippen molar-refractivity contribution in [2.45, 2.75) is 19.9 Å². The second kappa shape index (κ2) is 4.95. The summed E-state index contributed by atoms with van der Waals surface area (Å²) in [7, 11) is 1.51. The maximum atomic E-state index is 5.68. The molecule has 2 rings (SSSR count). The first kappa shape index (κ1) is 12.2. The van der Waals surface area contributed by atoms with E-state index in [9.17, 15) is 0 Å². The van der Waals surface area contributed by atoms with Crippen LogP contribution in [-0.2, 0) is 0 Å². The van der Waals surface area contributed by atoms with Crippen LogP contribution in [0.3, 0.4) is 0 Å². The van der Waals surface area contributed by atoms with Crippen molar-refractivity contribution in [3.8, 4) is 17.5 Å². The molecule has 2 N–H and O–H groups in total. The van der Waals surface area contributed by atoms with Crippen LogP contribution in [0.25, 0.3) is 0 Å². The van der Waals surface area contributed by atoms with Gasteiger partial charge in [-0.1, -0.05) is 0 Å². The van der Waals surface area contributed by atoms with Crippen molar-refractivity contribution in [2.75, 3.05) is 12.8 Å². The van der Waals surface area contributed by atoms with Crippen molar-refractivity contribution >= 4 is 5.69 Å². The Hall–Kier alpha value is -2.24. The molecule has 0 aliphatic heterocycles. The number of nitrogen functional groups attached to an aromatic ring is 1. The molecule has 0 aliphatic carbocycles. The van der Waals surface area contributed by atoms with E-state index in [-0.39, 0.29) is 6.04 Å². The number of anilines is 1. The van der Waals surface area contributed by atoms with E-state index in [0.29, 0.717) is 23.2 Å². The smallest absolute Gasteiger partial charge is 0.240 e. The molecule has 0 aliphatic rings. The summed E-state index contributed by atoms with van der Waals surface area (Å²) >= 11 is 0. The largest absolute Gasteiger partial charge is 0.479 e. The highest BCUT2D eigenvalue weighted by molar-refractivity contribution is 5.49. The zero-order valence-corrected chi connectivity index (χ0v) is 10.6. The highest BCUT2D eigenvalue weighted by Crippen LogP contribution is 2.25. The Bertz CT molecular complexity index is 537. The summed E-state index contributed by atoms with van der Waals surface area (Å²) in [5.41, 5.74) is 6.15. The normalized spacial score (nSPS) is 10.7. The Morgan fingerprint density at radius 3 is 2.72 bits per heavy atom. The summed E-state index contributed by atoms with van der Waals surface area (Å²) in [5, 5.41) is 4.18. The fourth-order valence-electron chi connectivity index (χ4n) is 1.43. The summed E-state index contributed by atoms with van der Waals surface area (Å²) in [6.45, 7) is 4.09. The molecule has 6 nitrogen and oxygen atoms in total. The Balaban J connectivity index is 2.17. The summed E-state index contributed by atoms with van der Waals surface area (Å²) < 4.78 is 12.4. The fraction of sp³-hybridized carbons (Fsp3) is 0.333. The minimum absolute atomic E-state index is 0.288. The number of rotatable bonds is 4. The number of aromatic nitrogens is 3. The van der Waals surface area contributed by atoms with Gasteiger partial charge >= 0.3 is 0 Å². The number of pyridine rings is 1. The molecule has 0 radical (unpaired) electrons. The summed E-state index contributed by atoms with van der Waals surface area (Å²) in [6.07, 6.45) is 3.46. The maximum absolute atomic E-state index is 5.68. The zero-order chi connectivity index (χ0) is 13.1. The molecule has 2 aromatic heterocycles. The van der Waals surface area contributed by atoms with Crippen molar-refractivity contribution < 1.29 is 9.47 Å². The second-order valence-corrected chi connectivity index (χ2v) is 4.10. The molecule has 0 fully saturated rings. The third kappa shape index (κ3) is 2.53. The summed E-state index contributed by atoms with van der Waals surface area (Å²) in [4.78, 5) is 4.13. The minimum atomic E-state index is 0.288. The van der Waals surface area contributed by atoms with Crippen LogP contribution in [0.15, 0.2) is 24.5 Å². The van der Waals surface area contributed by atoms with Crippen LogP contribution >= 0.6 is 0 Å². The monoisotopic (exact) mass is 248 g/mol. The highest BCUT2D eigenvalue weighted by atomic mass is 16.5. The van der Waals surface area contributed by atoms with Crippen molar-refractivity contribution in [2.24, 2.45) is 0 Å². The van der Waals surface area contributed by atoms with E-state index in [4.69, 9.17) is 15.2 Å². The fourth-order valence-corrected chi connectivity index (χ4v) is 1.43. The zero-order valence-electron chi connectivity index (χ0n) is 10.6. The first-order valence-corrected chi connectivity index (χ1v) is 5.62. The van der Waals surface area contributed by atoms with Crippen LogP contribution in [0.2, 0.25) is 0 Å². The van der Waals surface area contributed by atoms with Crippen LogP contribution in [-0.4, -0.2) is 21.9 Å². The maximum Gasteiger partial charge on any atom is 0.240 e. The lowest BCUT2D eigenvalue weighted by atomic mass is 10.4. The summed E-state index contributed by atoms with van der Waals surface area (Å²) in [5.74, 6) is 1.40. The topological polar surface area (TPSA) is 75.2 Å². The first-order valence-electron chi connectivity index (χ1n) is 5.62. The van der Waals surface area contributed by atoms with Gasteiger partial charge in [0.25, 0.3) is 0 Å². The van der Waals surface area contributed by atoms with Crippen molar-refractivity contribution in [1.29, 1.82) is 0 Å². The van der Waals surface area contributed by atoms with Gasteiger partial charge in [-0.05, 0) is 19.9 Å².